The van der Waals surface area contributed by atoms with E-state index in [0.717, 1.165) is 56.0 Å². The number of hydrogen-bond acceptors (Lipinski definition) is 5. The first-order valence-corrected chi connectivity index (χ1v) is 8.58. The standard InChI is InChI=1S/C19H22N4O/c1-2-15-13-19(17-5-3-4-6-18(17)20-15)23-10-8-22(9-11-23)14-16-7-12-24-21-16/h3-7,12-13H,2,8-11,14H2,1H3. The molecule has 1 saturated heterocycles. The van der Waals surface area contributed by atoms with Crippen LogP contribution >= 0.6 is 0 Å². The molecule has 0 spiro atoms. The van der Waals surface area contributed by atoms with Gasteiger partial charge >= 0.3 is 0 Å². The Morgan fingerprint density at radius 3 is 2.62 bits per heavy atom. The number of benzene rings is 1. The molecule has 24 heavy (non-hydrogen) atoms. The quantitative estimate of drug-likeness (QED) is 0.738. The van der Waals surface area contributed by atoms with Gasteiger partial charge in [0.05, 0.1) is 11.2 Å². The molecule has 0 unspecified atom stereocenters. The smallest absolute Gasteiger partial charge is 0.124 e. The summed E-state index contributed by atoms with van der Waals surface area (Å²) in [6.07, 6.45) is 2.60. The fraction of sp³-hybridized carbons (Fsp3) is 0.368. The zero-order chi connectivity index (χ0) is 16.4. The molecule has 0 aliphatic carbocycles. The van der Waals surface area contributed by atoms with Gasteiger partial charge in [-0.25, -0.2) is 0 Å². The summed E-state index contributed by atoms with van der Waals surface area (Å²) >= 11 is 0. The molecule has 0 atom stereocenters. The van der Waals surface area contributed by atoms with Crippen LogP contribution in [0.2, 0.25) is 0 Å². The molecule has 3 heterocycles. The summed E-state index contributed by atoms with van der Waals surface area (Å²) < 4.78 is 4.93. The van der Waals surface area contributed by atoms with Gasteiger partial charge in [0.1, 0.15) is 6.26 Å². The fourth-order valence-electron chi connectivity index (χ4n) is 3.35. The van der Waals surface area contributed by atoms with Gasteiger partial charge in [0.2, 0.25) is 0 Å². The summed E-state index contributed by atoms with van der Waals surface area (Å²) in [5.41, 5.74) is 4.58. The topological polar surface area (TPSA) is 45.4 Å². The molecule has 3 aromatic rings. The van der Waals surface area contributed by atoms with Gasteiger partial charge in [-0.15, -0.1) is 0 Å². The van der Waals surface area contributed by atoms with E-state index in [1.807, 2.05) is 6.07 Å². The number of fused-ring (bicyclic) bond motifs is 1. The Kier molecular flexibility index (Phi) is 4.17. The summed E-state index contributed by atoms with van der Waals surface area (Å²) in [5.74, 6) is 0. The van der Waals surface area contributed by atoms with Gasteiger partial charge in [-0.05, 0) is 18.6 Å². The maximum Gasteiger partial charge on any atom is 0.124 e. The maximum absolute atomic E-state index is 4.93. The van der Waals surface area contributed by atoms with E-state index in [1.54, 1.807) is 6.26 Å². The molecule has 2 aromatic heterocycles. The van der Waals surface area contributed by atoms with E-state index in [4.69, 9.17) is 9.51 Å². The van der Waals surface area contributed by atoms with Gasteiger partial charge in [0.25, 0.3) is 0 Å². The van der Waals surface area contributed by atoms with Crippen molar-refractivity contribution < 1.29 is 4.52 Å². The number of aryl methyl sites for hydroxylation is 1. The lowest BCUT2D eigenvalue weighted by Gasteiger charge is -2.36. The number of piperazine rings is 1. The van der Waals surface area contributed by atoms with Crippen molar-refractivity contribution in [2.24, 2.45) is 0 Å². The largest absolute Gasteiger partial charge is 0.368 e. The molecule has 4 rings (SSSR count). The fourth-order valence-corrected chi connectivity index (χ4v) is 3.35. The summed E-state index contributed by atoms with van der Waals surface area (Å²) in [6, 6.07) is 12.7. The molecule has 0 bridgehead atoms. The average molecular weight is 322 g/mol. The molecule has 1 fully saturated rings. The zero-order valence-corrected chi connectivity index (χ0v) is 14.0. The van der Waals surface area contributed by atoms with E-state index in [1.165, 1.54) is 11.1 Å². The number of hydrogen-bond donors (Lipinski definition) is 0. The third-order valence-electron chi connectivity index (χ3n) is 4.70. The van der Waals surface area contributed by atoms with E-state index in [0.29, 0.717) is 0 Å². The highest BCUT2D eigenvalue weighted by atomic mass is 16.5. The normalized spacial score (nSPS) is 16.0. The minimum Gasteiger partial charge on any atom is -0.368 e. The first kappa shape index (κ1) is 15.1. The second-order valence-corrected chi connectivity index (χ2v) is 6.26. The van der Waals surface area contributed by atoms with Crippen molar-refractivity contribution in [3.63, 3.8) is 0 Å². The summed E-state index contributed by atoms with van der Waals surface area (Å²) in [4.78, 5) is 9.68. The molecule has 5 nitrogen and oxygen atoms in total. The summed E-state index contributed by atoms with van der Waals surface area (Å²) in [5, 5.41) is 5.26. The van der Waals surface area contributed by atoms with E-state index in [-0.39, 0.29) is 0 Å². The SMILES string of the molecule is CCc1cc(N2CCN(Cc3ccon3)CC2)c2ccccc2n1. The van der Waals surface area contributed by atoms with Crippen LogP contribution in [0.25, 0.3) is 10.9 Å². The maximum atomic E-state index is 4.93. The van der Waals surface area contributed by atoms with Gasteiger partial charge in [0.15, 0.2) is 0 Å². The second kappa shape index (κ2) is 6.61. The van der Waals surface area contributed by atoms with Gasteiger partial charge in [-0.2, -0.15) is 0 Å². The van der Waals surface area contributed by atoms with Crippen LogP contribution in [0.3, 0.4) is 0 Å². The Labute approximate surface area is 141 Å². The highest BCUT2D eigenvalue weighted by Crippen LogP contribution is 2.28. The number of pyridine rings is 1. The average Bonchev–Trinajstić information content (AvgIpc) is 3.14. The minimum absolute atomic E-state index is 0.863. The molecule has 0 N–H and O–H groups in total. The minimum atomic E-state index is 0.863. The van der Waals surface area contributed by atoms with Crippen LogP contribution in [0.4, 0.5) is 5.69 Å². The van der Waals surface area contributed by atoms with Crippen molar-refractivity contribution in [2.75, 3.05) is 31.1 Å². The van der Waals surface area contributed by atoms with E-state index >= 15 is 0 Å². The molecule has 5 heteroatoms. The zero-order valence-electron chi connectivity index (χ0n) is 14.0. The molecular weight excluding hydrogens is 300 g/mol. The van der Waals surface area contributed by atoms with Crippen molar-refractivity contribution in [1.82, 2.24) is 15.0 Å². The van der Waals surface area contributed by atoms with Crippen molar-refractivity contribution in [2.45, 2.75) is 19.9 Å². The molecule has 0 saturated carbocycles. The third kappa shape index (κ3) is 2.99. The Balaban J connectivity index is 1.54. The van der Waals surface area contributed by atoms with Gasteiger partial charge in [-0.3, -0.25) is 9.88 Å². The Morgan fingerprint density at radius 2 is 1.88 bits per heavy atom. The number of rotatable bonds is 4. The van der Waals surface area contributed by atoms with Gasteiger partial charge in [-0.1, -0.05) is 30.3 Å². The van der Waals surface area contributed by atoms with Crippen molar-refractivity contribution >= 4 is 16.6 Å². The molecule has 1 aliphatic heterocycles. The number of nitrogens with zero attached hydrogens (tertiary/aromatic N) is 4. The lowest BCUT2D eigenvalue weighted by molar-refractivity contribution is 0.242. The van der Waals surface area contributed by atoms with Crippen molar-refractivity contribution in [3.05, 3.63) is 54.0 Å². The Bertz CT molecular complexity index is 807. The van der Waals surface area contributed by atoms with Crippen LogP contribution in [0.1, 0.15) is 18.3 Å². The lowest BCUT2D eigenvalue weighted by Crippen LogP contribution is -2.46. The monoisotopic (exact) mass is 322 g/mol. The molecular formula is C19H22N4O. The summed E-state index contributed by atoms with van der Waals surface area (Å²) in [7, 11) is 0. The van der Waals surface area contributed by atoms with Crippen LogP contribution in [-0.4, -0.2) is 41.2 Å². The first-order chi connectivity index (χ1) is 11.8. The number of anilines is 1. The molecule has 1 aliphatic rings. The van der Waals surface area contributed by atoms with Crippen LogP contribution in [0, 0.1) is 0 Å². The third-order valence-corrected chi connectivity index (χ3v) is 4.70. The molecule has 0 amide bonds. The number of aromatic nitrogens is 2. The van der Waals surface area contributed by atoms with Gasteiger partial charge < -0.3 is 9.42 Å². The van der Waals surface area contributed by atoms with E-state index in [2.05, 4.69) is 52.2 Å². The number of para-hydroxylation sites is 1. The predicted molar refractivity (Wildman–Crippen MR) is 95.1 cm³/mol. The lowest BCUT2D eigenvalue weighted by atomic mass is 10.1. The van der Waals surface area contributed by atoms with Gasteiger partial charge in [0, 0.05) is 55.6 Å². The van der Waals surface area contributed by atoms with Crippen LogP contribution in [-0.2, 0) is 13.0 Å². The van der Waals surface area contributed by atoms with Crippen LogP contribution in [0.5, 0.6) is 0 Å². The molecule has 124 valence electrons. The van der Waals surface area contributed by atoms with E-state index < -0.39 is 0 Å². The predicted octanol–water partition coefficient (Wildman–Crippen LogP) is 3.11. The van der Waals surface area contributed by atoms with Crippen LogP contribution < -0.4 is 4.90 Å². The van der Waals surface area contributed by atoms with Crippen molar-refractivity contribution in [1.29, 1.82) is 0 Å². The summed E-state index contributed by atoms with van der Waals surface area (Å²) in [6.45, 7) is 7.14. The molecule has 1 aromatic carbocycles. The van der Waals surface area contributed by atoms with E-state index in [9.17, 15) is 0 Å². The highest BCUT2D eigenvalue weighted by molar-refractivity contribution is 5.92. The highest BCUT2D eigenvalue weighted by Gasteiger charge is 2.20. The van der Waals surface area contributed by atoms with Crippen molar-refractivity contribution in [3.8, 4) is 0 Å². The molecule has 0 radical (unpaired) electrons. The second-order valence-electron chi connectivity index (χ2n) is 6.26. The first-order valence-electron chi connectivity index (χ1n) is 8.58. The Morgan fingerprint density at radius 1 is 1.04 bits per heavy atom. The van der Waals surface area contributed by atoms with Crippen LogP contribution in [0.15, 0.2) is 47.2 Å². The Hall–Kier alpha value is -2.40.